The van der Waals surface area contributed by atoms with Crippen LogP contribution in [0.25, 0.3) is 0 Å². The summed E-state index contributed by atoms with van der Waals surface area (Å²) in [5.41, 5.74) is 1.66. The molecule has 1 heterocycles. The molecule has 0 atom stereocenters. The summed E-state index contributed by atoms with van der Waals surface area (Å²) in [6, 6.07) is 8.66. The van der Waals surface area contributed by atoms with Crippen molar-refractivity contribution in [2.45, 2.75) is 6.92 Å². The van der Waals surface area contributed by atoms with E-state index in [1.807, 2.05) is 25.1 Å². The number of amides is 1. The highest BCUT2D eigenvalue weighted by atomic mass is 19.1. The van der Waals surface area contributed by atoms with Crippen LogP contribution in [0.1, 0.15) is 15.9 Å². The van der Waals surface area contributed by atoms with E-state index in [0.29, 0.717) is 5.69 Å². The average Bonchev–Trinajstić information content (AvgIpc) is 2.29. The molecule has 2 rings (SSSR count). The lowest BCUT2D eigenvalue weighted by Crippen LogP contribution is -2.13. The topological polar surface area (TPSA) is 42.0 Å². The lowest BCUT2D eigenvalue weighted by Gasteiger charge is -2.06. The molecule has 0 fully saturated rings. The smallest absolute Gasteiger partial charge is 0.258 e. The van der Waals surface area contributed by atoms with Crippen molar-refractivity contribution in [3.05, 3.63) is 59.7 Å². The SMILES string of the molecule is Cc1cccc(NC(=O)c2ccncc2F)c1. The van der Waals surface area contributed by atoms with Crippen LogP contribution in [0.4, 0.5) is 10.1 Å². The molecular formula is C13H11FN2O. The fourth-order valence-corrected chi connectivity index (χ4v) is 1.48. The molecule has 17 heavy (non-hydrogen) atoms. The fourth-order valence-electron chi connectivity index (χ4n) is 1.48. The van der Waals surface area contributed by atoms with Gasteiger partial charge in [0.15, 0.2) is 5.82 Å². The molecule has 1 amide bonds. The second kappa shape index (κ2) is 4.74. The number of carbonyl (C=O) groups excluding carboxylic acids is 1. The molecule has 1 N–H and O–H groups in total. The summed E-state index contributed by atoms with van der Waals surface area (Å²) in [6.45, 7) is 1.92. The van der Waals surface area contributed by atoms with Gasteiger partial charge in [0.05, 0.1) is 11.8 Å². The highest BCUT2D eigenvalue weighted by Crippen LogP contribution is 2.12. The molecule has 0 saturated carbocycles. The van der Waals surface area contributed by atoms with E-state index in [-0.39, 0.29) is 5.56 Å². The monoisotopic (exact) mass is 230 g/mol. The third kappa shape index (κ3) is 2.66. The Morgan fingerprint density at radius 1 is 1.35 bits per heavy atom. The highest BCUT2D eigenvalue weighted by Gasteiger charge is 2.11. The first kappa shape index (κ1) is 11.3. The number of nitrogens with zero attached hydrogens (tertiary/aromatic N) is 1. The van der Waals surface area contributed by atoms with E-state index in [1.165, 1.54) is 12.3 Å². The molecule has 0 spiro atoms. The molecule has 0 unspecified atom stereocenters. The summed E-state index contributed by atoms with van der Waals surface area (Å²) >= 11 is 0. The summed E-state index contributed by atoms with van der Waals surface area (Å²) in [5.74, 6) is -1.10. The van der Waals surface area contributed by atoms with E-state index in [1.54, 1.807) is 6.07 Å². The number of carbonyl (C=O) groups is 1. The Bertz CT molecular complexity index is 555. The van der Waals surface area contributed by atoms with Crippen molar-refractivity contribution in [1.82, 2.24) is 4.98 Å². The quantitative estimate of drug-likeness (QED) is 0.861. The lowest BCUT2D eigenvalue weighted by atomic mass is 10.2. The Morgan fingerprint density at radius 3 is 2.88 bits per heavy atom. The minimum atomic E-state index is -0.627. The maximum atomic E-state index is 13.3. The minimum Gasteiger partial charge on any atom is -0.322 e. The summed E-state index contributed by atoms with van der Waals surface area (Å²) < 4.78 is 13.3. The predicted molar refractivity (Wildman–Crippen MR) is 63.3 cm³/mol. The standard InChI is InChI=1S/C13H11FN2O/c1-9-3-2-4-10(7-9)16-13(17)11-5-6-15-8-12(11)14/h2-8H,1H3,(H,16,17). The fraction of sp³-hybridized carbons (Fsp3) is 0.0769. The van der Waals surface area contributed by atoms with Crippen LogP contribution in [0.2, 0.25) is 0 Å². The third-order valence-corrected chi connectivity index (χ3v) is 2.29. The summed E-state index contributed by atoms with van der Waals surface area (Å²) in [6.07, 6.45) is 2.40. The molecule has 3 nitrogen and oxygen atoms in total. The van der Waals surface area contributed by atoms with Crippen molar-refractivity contribution in [2.75, 3.05) is 5.32 Å². The van der Waals surface area contributed by atoms with E-state index in [2.05, 4.69) is 10.3 Å². The van der Waals surface area contributed by atoms with Gasteiger partial charge in [-0.15, -0.1) is 0 Å². The maximum absolute atomic E-state index is 13.3. The van der Waals surface area contributed by atoms with Gasteiger partial charge in [-0.25, -0.2) is 4.39 Å². The molecular weight excluding hydrogens is 219 g/mol. The zero-order chi connectivity index (χ0) is 12.3. The van der Waals surface area contributed by atoms with Crippen LogP contribution in [0.5, 0.6) is 0 Å². The first-order valence-corrected chi connectivity index (χ1v) is 5.14. The van der Waals surface area contributed by atoms with Crippen LogP contribution >= 0.6 is 0 Å². The van der Waals surface area contributed by atoms with E-state index in [4.69, 9.17) is 0 Å². The summed E-state index contributed by atoms with van der Waals surface area (Å²) in [7, 11) is 0. The van der Waals surface area contributed by atoms with Crippen LogP contribution in [-0.4, -0.2) is 10.9 Å². The van der Waals surface area contributed by atoms with E-state index in [0.717, 1.165) is 11.8 Å². The van der Waals surface area contributed by atoms with Gasteiger partial charge in [0.2, 0.25) is 0 Å². The van der Waals surface area contributed by atoms with Crippen molar-refractivity contribution in [3.8, 4) is 0 Å². The van der Waals surface area contributed by atoms with Crippen LogP contribution < -0.4 is 5.32 Å². The molecule has 1 aromatic carbocycles. The molecule has 0 radical (unpaired) electrons. The predicted octanol–water partition coefficient (Wildman–Crippen LogP) is 2.78. The zero-order valence-electron chi connectivity index (χ0n) is 9.27. The Balaban J connectivity index is 2.20. The van der Waals surface area contributed by atoms with Gasteiger partial charge < -0.3 is 5.32 Å². The minimum absolute atomic E-state index is 0.0125. The first-order valence-electron chi connectivity index (χ1n) is 5.14. The molecule has 2 aromatic rings. The summed E-state index contributed by atoms with van der Waals surface area (Å²) in [5, 5.41) is 2.63. The molecule has 0 aliphatic carbocycles. The first-order chi connectivity index (χ1) is 8.16. The third-order valence-electron chi connectivity index (χ3n) is 2.29. The van der Waals surface area contributed by atoms with Crippen LogP contribution in [-0.2, 0) is 0 Å². The average molecular weight is 230 g/mol. The van der Waals surface area contributed by atoms with E-state index >= 15 is 0 Å². The molecule has 1 aromatic heterocycles. The molecule has 86 valence electrons. The van der Waals surface area contributed by atoms with E-state index in [9.17, 15) is 9.18 Å². The van der Waals surface area contributed by atoms with Crippen LogP contribution in [0.3, 0.4) is 0 Å². The van der Waals surface area contributed by atoms with Gasteiger partial charge >= 0.3 is 0 Å². The number of pyridine rings is 1. The Morgan fingerprint density at radius 2 is 2.18 bits per heavy atom. The Hall–Kier alpha value is -2.23. The van der Waals surface area contributed by atoms with Crippen molar-refractivity contribution in [2.24, 2.45) is 0 Å². The van der Waals surface area contributed by atoms with Gasteiger partial charge in [0.1, 0.15) is 0 Å². The second-order valence-corrected chi connectivity index (χ2v) is 3.68. The number of halogens is 1. The van der Waals surface area contributed by atoms with Crippen molar-refractivity contribution in [3.63, 3.8) is 0 Å². The van der Waals surface area contributed by atoms with Gasteiger partial charge in [-0.3, -0.25) is 9.78 Å². The maximum Gasteiger partial charge on any atom is 0.258 e. The molecule has 0 bridgehead atoms. The van der Waals surface area contributed by atoms with Gasteiger partial charge in [0.25, 0.3) is 5.91 Å². The van der Waals surface area contributed by atoms with Crippen molar-refractivity contribution in [1.29, 1.82) is 0 Å². The molecule has 0 saturated heterocycles. The number of nitrogens with one attached hydrogen (secondary N) is 1. The number of aryl methyl sites for hydroxylation is 1. The van der Waals surface area contributed by atoms with Gasteiger partial charge in [-0.2, -0.15) is 0 Å². The number of hydrogen-bond donors (Lipinski definition) is 1. The van der Waals surface area contributed by atoms with Crippen LogP contribution in [0, 0.1) is 12.7 Å². The van der Waals surface area contributed by atoms with Gasteiger partial charge in [-0.05, 0) is 30.7 Å². The molecule has 0 aliphatic rings. The molecule has 0 aliphatic heterocycles. The Labute approximate surface area is 98.3 Å². The van der Waals surface area contributed by atoms with Crippen molar-refractivity contribution < 1.29 is 9.18 Å². The zero-order valence-corrected chi connectivity index (χ0v) is 9.27. The number of aromatic nitrogens is 1. The van der Waals surface area contributed by atoms with Gasteiger partial charge in [-0.1, -0.05) is 12.1 Å². The second-order valence-electron chi connectivity index (χ2n) is 3.68. The largest absolute Gasteiger partial charge is 0.322 e. The number of benzene rings is 1. The normalized spacial score (nSPS) is 10.0. The number of anilines is 1. The summed E-state index contributed by atoms with van der Waals surface area (Å²) in [4.78, 5) is 15.4. The number of rotatable bonds is 2. The lowest BCUT2D eigenvalue weighted by molar-refractivity contribution is 0.102. The molecule has 4 heteroatoms. The highest BCUT2D eigenvalue weighted by molar-refractivity contribution is 6.04. The van der Waals surface area contributed by atoms with E-state index < -0.39 is 11.7 Å². The van der Waals surface area contributed by atoms with Crippen LogP contribution in [0.15, 0.2) is 42.7 Å². The number of hydrogen-bond acceptors (Lipinski definition) is 2. The Kier molecular flexibility index (Phi) is 3.14. The van der Waals surface area contributed by atoms with Gasteiger partial charge in [0, 0.05) is 11.9 Å². The van der Waals surface area contributed by atoms with Crippen molar-refractivity contribution >= 4 is 11.6 Å².